The molecule has 0 aliphatic rings. The van der Waals surface area contributed by atoms with Crippen molar-refractivity contribution in [2.45, 2.75) is 0 Å². The number of fused-ring (bicyclic) bond motifs is 1. The highest BCUT2D eigenvalue weighted by molar-refractivity contribution is 6.58. The number of aromatic amines is 1. The molecule has 7 heteroatoms. The van der Waals surface area contributed by atoms with Crippen molar-refractivity contribution in [3.63, 3.8) is 0 Å². The lowest BCUT2D eigenvalue weighted by Gasteiger charge is -1.90. The van der Waals surface area contributed by atoms with Gasteiger partial charge < -0.3 is 20.8 Å². The van der Waals surface area contributed by atoms with Crippen molar-refractivity contribution < 1.29 is 10.0 Å². The minimum absolute atomic E-state index is 0.251. The molecule has 0 saturated heterocycles. The zero-order chi connectivity index (χ0) is 9.42. The predicted octanol–water partition coefficient (Wildman–Crippen LogP) is -1.78. The van der Waals surface area contributed by atoms with Gasteiger partial charge in [-0.25, -0.2) is 9.97 Å². The first-order valence-corrected chi connectivity index (χ1v) is 3.64. The molecule has 0 unspecified atom stereocenters. The summed E-state index contributed by atoms with van der Waals surface area (Å²) in [5, 5.41) is 17.7. The second kappa shape index (κ2) is 2.72. The minimum Gasteiger partial charge on any atom is -0.422 e. The SMILES string of the molecule is Nc1cnc2cc(B(O)O)[nH]c2n1. The summed E-state index contributed by atoms with van der Waals surface area (Å²) in [7, 11) is -1.54. The summed E-state index contributed by atoms with van der Waals surface area (Å²) in [6.07, 6.45) is 1.41. The maximum Gasteiger partial charge on any atom is 0.505 e. The Bertz CT molecular complexity index is 441. The topological polar surface area (TPSA) is 108 Å². The maximum absolute atomic E-state index is 8.83. The van der Waals surface area contributed by atoms with E-state index < -0.39 is 7.12 Å². The first-order chi connectivity index (χ1) is 6.16. The lowest BCUT2D eigenvalue weighted by atomic mass is 9.87. The van der Waals surface area contributed by atoms with E-state index in [1.165, 1.54) is 12.3 Å². The Kier molecular flexibility index (Phi) is 1.68. The van der Waals surface area contributed by atoms with E-state index in [1.807, 2.05) is 0 Å². The Balaban J connectivity index is 2.62. The molecule has 0 bridgehead atoms. The van der Waals surface area contributed by atoms with E-state index in [0.717, 1.165) is 0 Å². The molecule has 0 aromatic carbocycles. The highest BCUT2D eigenvalue weighted by Crippen LogP contribution is 2.05. The molecule has 0 radical (unpaired) electrons. The van der Waals surface area contributed by atoms with Gasteiger partial charge >= 0.3 is 7.12 Å². The fourth-order valence-electron chi connectivity index (χ4n) is 1.07. The van der Waals surface area contributed by atoms with Gasteiger partial charge in [0.15, 0.2) is 5.65 Å². The largest absolute Gasteiger partial charge is 0.505 e. The van der Waals surface area contributed by atoms with E-state index in [2.05, 4.69) is 15.0 Å². The number of rotatable bonds is 1. The van der Waals surface area contributed by atoms with Gasteiger partial charge in [-0.05, 0) is 6.07 Å². The molecule has 0 amide bonds. The number of nitrogen functional groups attached to an aromatic ring is 1. The van der Waals surface area contributed by atoms with Crippen molar-refractivity contribution in [1.82, 2.24) is 15.0 Å². The number of anilines is 1. The third-order valence-electron chi connectivity index (χ3n) is 1.65. The summed E-state index contributed by atoms with van der Waals surface area (Å²) in [5.41, 5.74) is 6.64. The molecular weight excluding hydrogens is 171 g/mol. The van der Waals surface area contributed by atoms with Crippen LogP contribution < -0.4 is 11.3 Å². The number of nitrogens with zero attached hydrogens (tertiary/aromatic N) is 2. The fourth-order valence-corrected chi connectivity index (χ4v) is 1.07. The fraction of sp³-hybridized carbons (Fsp3) is 0. The van der Waals surface area contributed by atoms with E-state index in [-0.39, 0.29) is 11.4 Å². The number of nitrogens with one attached hydrogen (secondary N) is 1. The van der Waals surface area contributed by atoms with Crippen molar-refractivity contribution in [2.24, 2.45) is 0 Å². The molecule has 0 atom stereocenters. The number of hydrogen-bond acceptors (Lipinski definition) is 5. The monoisotopic (exact) mass is 178 g/mol. The number of aromatic nitrogens is 3. The lowest BCUT2D eigenvalue weighted by Crippen LogP contribution is -2.30. The molecule has 2 heterocycles. The summed E-state index contributed by atoms with van der Waals surface area (Å²) >= 11 is 0. The predicted molar refractivity (Wildman–Crippen MR) is 48.1 cm³/mol. The van der Waals surface area contributed by atoms with E-state index in [0.29, 0.717) is 11.2 Å². The lowest BCUT2D eigenvalue weighted by molar-refractivity contribution is 0.424. The Morgan fingerprint density at radius 1 is 1.46 bits per heavy atom. The Morgan fingerprint density at radius 3 is 2.92 bits per heavy atom. The Morgan fingerprint density at radius 2 is 2.23 bits per heavy atom. The normalized spacial score (nSPS) is 10.6. The summed E-state index contributed by atoms with van der Waals surface area (Å²) < 4.78 is 0. The van der Waals surface area contributed by atoms with Crippen molar-refractivity contribution in [3.8, 4) is 0 Å². The Hall–Kier alpha value is -1.60. The molecule has 0 fully saturated rings. The van der Waals surface area contributed by atoms with Crippen LogP contribution in [0.15, 0.2) is 12.3 Å². The molecule has 0 aliphatic heterocycles. The van der Waals surface area contributed by atoms with E-state index in [1.54, 1.807) is 0 Å². The molecule has 0 aliphatic carbocycles. The third kappa shape index (κ3) is 1.34. The van der Waals surface area contributed by atoms with Gasteiger partial charge in [0, 0.05) is 5.59 Å². The van der Waals surface area contributed by atoms with Gasteiger partial charge in [0.25, 0.3) is 0 Å². The quantitative estimate of drug-likeness (QED) is 0.386. The van der Waals surface area contributed by atoms with Gasteiger partial charge in [0.05, 0.1) is 6.20 Å². The molecule has 6 nitrogen and oxygen atoms in total. The van der Waals surface area contributed by atoms with Crippen molar-refractivity contribution in [1.29, 1.82) is 0 Å². The molecular formula is C6H7BN4O2. The highest BCUT2D eigenvalue weighted by Gasteiger charge is 2.14. The van der Waals surface area contributed by atoms with Gasteiger partial charge in [-0.2, -0.15) is 0 Å². The van der Waals surface area contributed by atoms with Crippen LogP contribution in [0, 0.1) is 0 Å². The number of nitrogens with two attached hydrogens (primary N) is 1. The van der Waals surface area contributed by atoms with Gasteiger partial charge in [-0.3, -0.25) is 0 Å². The van der Waals surface area contributed by atoms with E-state index in [9.17, 15) is 0 Å². The molecule has 2 aromatic heterocycles. The molecule has 66 valence electrons. The van der Waals surface area contributed by atoms with E-state index >= 15 is 0 Å². The van der Waals surface area contributed by atoms with Crippen LogP contribution in [0.4, 0.5) is 5.82 Å². The standard InChI is InChI=1S/C6H7BN4O2/c8-5-2-9-3-1-4(7(12)13)10-6(3)11-5/h1-2,12-13H,(H3,8,10,11). The second-order valence-electron chi connectivity index (χ2n) is 2.63. The van der Waals surface area contributed by atoms with Crippen molar-refractivity contribution >= 4 is 29.7 Å². The zero-order valence-corrected chi connectivity index (χ0v) is 6.60. The smallest absolute Gasteiger partial charge is 0.422 e. The summed E-state index contributed by atoms with van der Waals surface area (Å²) in [4.78, 5) is 10.5. The van der Waals surface area contributed by atoms with Gasteiger partial charge in [-0.15, -0.1) is 0 Å². The summed E-state index contributed by atoms with van der Waals surface area (Å²) in [5.74, 6) is 0.285. The summed E-state index contributed by atoms with van der Waals surface area (Å²) in [6, 6.07) is 1.51. The van der Waals surface area contributed by atoms with Crippen LogP contribution in [0.25, 0.3) is 11.2 Å². The van der Waals surface area contributed by atoms with Gasteiger partial charge in [-0.1, -0.05) is 0 Å². The van der Waals surface area contributed by atoms with Crippen LogP contribution in [0.2, 0.25) is 0 Å². The second-order valence-corrected chi connectivity index (χ2v) is 2.63. The third-order valence-corrected chi connectivity index (χ3v) is 1.65. The average molecular weight is 178 g/mol. The van der Waals surface area contributed by atoms with Crippen LogP contribution in [-0.2, 0) is 0 Å². The molecule has 13 heavy (non-hydrogen) atoms. The molecule has 2 rings (SSSR count). The molecule has 0 spiro atoms. The van der Waals surface area contributed by atoms with E-state index in [4.69, 9.17) is 15.8 Å². The highest BCUT2D eigenvalue weighted by atomic mass is 16.4. The number of hydrogen-bond donors (Lipinski definition) is 4. The molecule has 0 saturated carbocycles. The van der Waals surface area contributed by atoms with Crippen molar-refractivity contribution in [3.05, 3.63) is 12.3 Å². The first-order valence-electron chi connectivity index (χ1n) is 3.64. The Labute approximate surface area is 73.6 Å². The summed E-state index contributed by atoms with van der Waals surface area (Å²) in [6.45, 7) is 0. The maximum atomic E-state index is 8.83. The van der Waals surface area contributed by atoms with Crippen LogP contribution in [0.3, 0.4) is 0 Å². The van der Waals surface area contributed by atoms with Crippen LogP contribution >= 0.6 is 0 Å². The van der Waals surface area contributed by atoms with Crippen LogP contribution in [-0.4, -0.2) is 32.1 Å². The van der Waals surface area contributed by atoms with Crippen LogP contribution in [0.5, 0.6) is 0 Å². The minimum atomic E-state index is -1.54. The van der Waals surface area contributed by atoms with Crippen LogP contribution in [0.1, 0.15) is 0 Å². The van der Waals surface area contributed by atoms with Gasteiger partial charge in [0.2, 0.25) is 0 Å². The zero-order valence-electron chi connectivity index (χ0n) is 6.60. The molecule has 2 aromatic rings. The number of H-pyrrole nitrogens is 1. The first kappa shape index (κ1) is 8.02. The van der Waals surface area contributed by atoms with Gasteiger partial charge in [0.1, 0.15) is 11.3 Å². The average Bonchev–Trinajstić information content (AvgIpc) is 2.46. The molecule has 5 N–H and O–H groups in total. The van der Waals surface area contributed by atoms with Crippen molar-refractivity contribution in [2.75, 3.05) is 5.73 Å².